The standard InChI is InChI=1S/C14H24O3/c1-2-4-10-7-8-12(14(15)16)13(9-10)17-11-5-3-6-11/h10-13H,2-9H2,1H3,(H,15,16). The van der Waals surface area contributed by atoms with Crippen LogP contribution in [0.25, 0.3) is 0 Å². The summed E-state index contributed by atoms with van der Waals surface area (Å²) in [7, 11) is 0. The Hall–Kier alpha value is -0.570. The van der Waals surface area contributed by atoms with Gasteiger partial charge in [-0.2, -0.15) is 0 Å². The van der Waals surface area contributed by atoms with Crippen molar-refractivity contribution in [3.05, 3.63) is 0 Å². The van der Waals surface area contributed by atoms with E-state index in [1.165, 1.54) is 19.3 Å². The first-order valence-corrected chi connectivity index (χ1v) is 7.09. The third-order valence-corrected chi connectivity index (χ3v) is 4.33. The lowest BCUT2D eigenvalue weighted by Gasteiger charge is -2.38. The van der Waals surface area contributed by atoms with E-state index < -0.39 is 5.97 Å². The van der Waals surface area contributed by atoms with Gasteiger partial charge in [-0.15, -0.1) is 0 Å². The average molecular weight is 240 g/mol. The minimum atomic E-state index is -0.663. The Bertz CT molecular complexity index is 260. The molecule has 0 aromatic carbocycles. The zero-order chi connectivity index (χ0) is 12.3. The molecule has 2 rings (SSSR count). The first-order chi connectivity index (χ1) is 8.20. The lowest BCUT2D eigenvalue weighted by atomic mass is 9.77. The number of carboxylic acids is 1. The van der Waals surface area contributed by atoms with Crippen molar-refractivity contribution in [2.24, 2.45) is 11.8 Å². The molecule has 0 saturated heterocycles. The van der Waals surface area contributed by atoms with E-state index in [-0.39, 0.29) is 12.0 Å². The monoisotopic (exact) mass is 240 g/mol. The zero-order valence-electron chi connectivity index (χ0n) is 10.7. The molecule has 98 valence electrons. The Balaban J connectivity index is 1.91. The van der Waals surface area contributed by atoms with Crippen LogP contribution in [0, 0.1) is 11.8 Å². The van der Waals surface area contributed by atoms with Crippen LogP contribution in [0.15, 0.2) is 0 Å². The molecule has 0 heterocycles. The topological polar surface area (TPSA) is 46.5 Å². The molecule has 0 aromatic rings. The summed E-state index contributed by atoms with van der Waals surface area (Å²) in [5, 5.41) is 9.25. The van der Waals surface area contributed by atoms with Crippen LogP contribution >= 0.6 is 0 Å². The van der Waals surface area contributed by atoms with Gasteiger partial charge in [0.1, 0.15) is 0 Å². The van der Waals surface area contributed by atoms with Gasteiger partial charge in [-0.25, -0.2) is 0 Å². The number of carboxylic acid groups (broad SMARTS) is 1. The maximum absolute atomic E-state index is 11.2. The Morgan fingerprint density at radius 2 is 2.06 bits per heavy atom. The summed E-state index contributed by atoms with van der Waals surface area (Å²) in [6, 6.07) is 0. The molecule has 3 heteroatoms. The first-order valence-electron chi connectivity index (χ1n) is 7.09. The first kappa shape index (κ1) is 12.9. The molecule has 0 radical (unpaired) electrons. The van der Waals surface area contributed by atoms with Gasteiger partial charge in [-0.05, 0) is 44.4 Å². The zero-order valence-corrected chi connectivity index (χ0v) is 10.7. The van der Waals surface area contributed by atoms with E-state index in [4.69, 9.17) is 4.74 Å². The fourth-order valence-electron chi connectivity index (χ4n) is 3.07. The highest BCUT2D eigenvalue weighted by atomic mass is 16.5. The average Bonchev–Trinajstić information content (AvgIpc) is 2.24. The summed E-state index contributed by atoms with van der Waals surface area (Å²) >= 11 is 0. The van der Waals surface area contributed by atoms with Gasteiger partial charge in [-0.1, -0.05) is 19.8 Å². The number of carbonyl (C=O) groups is 1. The van der Waals surface area contributed by atoms with Crippen LogP contribution in [0.4, 0.5) is 0 Å². The van der Waals surface area contributed by atoms with Gasteiger partial charge in [-0.3, -0.25) is 4.79 Å². The summed E-state index contributed by atoms with van der Waals surface area (Å²) in [4.78, 5) is 11.2. The molecular formula is C14H24O3. The molecule has 2 aliphatic rings. The molecule has 0 bridgehead atoms. The van der Waals surface area contributed by atoms with Crippen molar-refractivity contribution >= 4 is 5.97 Å². The highest BCUT2D eigenvalue weighted by molar-refractivity contribution is 5.70. The molecule has 3 unspecified atom stereocenters. The predicted octanol–water partition coefficient (Wildman–Crippen LogP) is 3.23. The molecule has 2 fully saturated rings. The van der Waals surface area contributed by atoms with Crippen LogP contribution in [-0.4, -0.2) is 23.3 Å². The fraction of sp³-hybridized carbons (Fsp3) is 0.929. The van der Waals surface area contributed by atoms with E-state index in [1.807, 2.05) is 0 Å². The maximum Gasteiger partial charge on any atom is 0.309 e. The summed E-state index contributed by atoms with van der Waals surface area (Å²) in [5.74, 6) is -0.242. The van der Waals surface area contributed by atoms with E-state index in [2.05, 4.69) is 6.92 Å². The van der Waals surface area contributed by atoms with Crippen LogP contribution in [-0.2, 0) is 9.53 Å². The minimum absolute atomic E-state index is 0.0249. The van der Waals surface area contributed by atoms with Crippen LogP contribution in [0.2, 0.25) is 0 Å². The second kappa shape index (κ2) is 5.85. The summed E-state index contributed by atoms with van der Waals surface area (Å²) < 4.78 is 6.00. The van der Waals surface area contributed by atoms with Crippen LogP contribution in [0.3, 0.4) is 0 Å². The predicted molar refractivity (Wildman–Crippen MR) is 65.9 cm³/mol. The lowest BCUT2D eigenvalue weighted by molar-refractivity contribution is -0.157. The number of hydrogen-bond acceptors (Lipinski definition) is 2. The van der Waals surface area contributed by atoms with Gasteiger partial charge in [0.05, 0.1) is 18.1 Å². The molecule has 3 atom stereocenters. The largest absolute Gasteiger partial charge is 0.481 e. The molecule has 0 aromatic heterocycles. The normalized spacial score (nSPS) is 34.3. The highest BCUT2D eigenvalue weighted by Gasteiger charge is 2.37. The Kier molecular flexibility index (Phi) is 4.43. The van der Waals surface area contributed by atoms with E-state index >= 15 is 0 Å². The van der Waals surface area contributed by atoms with E-state index in [1.54, 1.807) is 0 Å². The van der Waals surface area contributed by atoms with Crippen LogP contribution < -0.4 is 0 Å². The molecule has 3 nitrogen and oxygen atoms in total. The van der Waals surface area contributed by atoms with Crippen molar-refractivity contribution in [1.82, 2.24) is 0 Å². The Labute approximate surface area is 104 Å². The van der Waals surface area contributed by atoms with Crippen molar-refractivity contribution in [1.29, 1.82) is 0 Å². The van der Waals surface area contributed by atoms with Crippen molar-refractivity contribution in [3.8, 4) is 0 Å². The lowest BCUT2D eigenvalue weighted by Crippen LogP contribution is -2.40. The van der Waals surface area contributed by atoms with E-state index in [9.17, 15) is 9.90 Å². The van der Waals surface area contributed by atoms with Crippen LogP contribution in [0.1, 0.15) is 58.3 Å². The van der Waals surface area contributed by atoms with Crippen molar-refractivity contribution in [3.63, 3.8) is 0 Å². The Morgan fingerprint density at radius 1 is 1.29 bits per heavy atom. The van der Waals surface area contributed by atoms with E-state index in [0.29, 0.717) is 12.0 Å². The van der Waals surface area contributed by atoms with Crippen molar-refractivity contribution in [2.75, 3.05) is 0 Å². The van der Waals surface area contributed by atoms with Gasteiger partial charge < -0.3 is 9.84 Å². The smallest absolute Gasteiger partial charge is 0.309 e. The molecular weight excluding hydrogens is 216 g/mol. The van der Waals surface area contributed by atoms with E-state index in [0.717, 1.165) is 32.1 Å². The second-order valence-electron chi connectivity index (χ2n) is 5.64. The summed E-state index contributed by atoms with van der Waals surface area (Å²) in [5.41, 5.74) is 0. The molecule has 2 saturated carbocycles. The molecule has 17 heavy (non-hydrogen) atoms. The number of aliphatic carboxylic acids is 1. The highest BCUT2D eigenvalue weighted by Crippen LogP contribution is 2.36. The van der Waals surface area contributed by atoms with Crippen molar-refractivity contribution < 1.29 is 14.6 Å². The van der Waals surface area contributed by atoms with Gasteiger partial charge in [0.25, 0.3) is 0 Å². The molecule has 0 aliphatic heterocycles. The maximum atomic E-state index is 11.2. The fourth-order valence-corrected chi connectivity index (χ4v) is 3.07. The summed E-state index contributed by atoms with van der Waals surface area (Å²) in [6.07, 6.45) is 9.06. The third kappa shape index (κ3) is 3.21. The molecule has 0 spiro atoms. The van der Waals surface area contributed by atoms with Gasteiger partial charge in [0, 0.05) is 0 Å². The minimum Gasteiger partial charge on any atom is -0.481 e. The quantitative estimate of drug-likeness (QED) is 0.802. The third-order valence-electron chi connectivity index (χ3n) is 4.33. The molecule has 0 amide bonds. The van der Waals surface area contributed by atoms with Gasteiger partial charge >= 0.3 is 5.97 Å². The number of hydrogen-bond donors (Lipinski definition) is 1. The van der Waals surface area contributed by atoms with Gasteiger partial charge in [0.15, 0.2) is 0 Å². The van der Waals surface area contributed by atoms with Gasteiger partial charge in [0.2, 0.25) is 0 Å². The van der Waals surface area contributed by atoms with Crippen molar-refractivity contribution in [2.45, 2.75) is 70.5 Å². The summed E-state index contributed by atoms with van der Waals surface area (Å²) in [6.45, 7) is 2.20. The molecule has 2 aliphatic carbocycles. The number of ether oxygens (including phenoxy) is 1. The molecule has 1 N–H and O–H groups in total. The number of rotatable bonds is 5. The van der Waals surface area contributed by atoms with Crippen LogP contribution in [0.5, 0.6) is 0 Å². The SMILES string of the molecule is CCCC1CCC(C(=O)O)C(OC2CCC2)C1. The Morgan fingerprint density at radius 3 is 2.59 bits per heavy atom. The second-order valence-corrected chi connectivity index (χ2v) is 5.64.